The van der Waals surface area contributed by atoms with Gasteiger partial charge in [-0.2, -0.15) is 0 Å². The van der Waals surface area contributed by atoms with E-state index in [-0.39, 0.29) is 17.7 Å². The second-order valence-electron chi connectivity index (χ2n) is 7.59. The molecular formula is C21H33N3O2. The highest BCUT2D eigenvalue weighted by Crippen LogP contribution is 2.19. The molecule has 0 saturated carbocycles. The molecule has 1 aliphatic heterocycles. The van der Waals surface area contributed by atoms with Crippen LogP contribution in [0.25, 0.3) is 0 Å². The molecule has 1 aliphatic rings. The lowest BCUT2D eigenvalue weighted by Crippen LogP contribution is -2.53. The molecule has 1 unspecified atom stereocenters. The lowest BCUT2D eigenvalue weighted by Gasteiger charge is -2.35. The normalized spacial score (nSPS) is 16.6. The monoisotopic (exact) mass is 359 g/mol. The number of hydrogen-bond donors (Lipinski definition) is 2. The van der Waals surface area contributed by atoms with E-state index < -0.39 is 6.04 Å². The van der Waals surface area contributed by atoms with E-state index in [2.05, 4.69) is 17.6 Å². The van der Waals surface area contributed by atoms with E-state index in [9.17, 15) is 9.59 Å². The molecule has 144 valence electrons. The van der Waals surface area contributed by atoms with Gasteiger partial charge in [0.15, 0.2) is 0 Å². The number of rotatable bonds is 7. The molecule has 2 N–H and O–H groups in total. The highest BCUT2D eigenvalue weighted by atomic mass is 16.2. The fourth-order valence-corrected chi connectivity index (χ4v) is 3.46. The van der Waals surface area contributed by atoms with Gasteiger partial charge in [0.2, 0.25) is 5.91 Å². The Labute approximate surface area is 157 Å². The van der Waals surface area contributed by atoms with Crippen molar-refractivity contribution in [3.63, 3.8) is 0 Å². The summed E-state index contributed by atoms with van der Waals surface area (Å²) >= 11 is 0. The van der Waals surface area contributed by atoms with Gasteiger partial charge in [0.05, 0.1) is 0 Å². The van der Waals surface area contributed by atoms with Gasteiger partial charge < -0.3 is 15.5 Å². The van der Waals surface area contributed by atoms with Crippen molar-refractivity contribution in [3.05, 3.63) is 35.4 Å². The first-order valence-electron chi connectivity index (χ1n) is 9.80. The minimum atomic E-state index is -0.479. The average Bonchev–Trinajstić information content (AvgIpc) is 2.64. The van der Waals surface area contributed by atoms with Crippen molar-refractivity contribution in [2.24, 2.45) is 11.8 Å². The highest BCUT2D eigenvalue weighted by molar-refractivity contribution is 5.98. The van der Waals surface area contributed by atoms with Crippen LogP contribution in [0.5, 0.6) is 0 Å². The lowest BCUT2D eigenvalue weighted by molar-refractivity contribution is -0.135. The number of likely N-dealkylation sites (tertiary alicyclic amines) is 1. The third kappa shape index (κ3) is 5.31. The zero-order valence-electron chi connectivity index (χ0n) is 16.5. The number of carbonyl (C=O) groups excluding carboxylic acids is 2. The number of benzene rings is 1. The highest BCUT2D eigenvalue weighted by Gasteiger charge is 2.31. The van der Waals surface area contributed by atoms with E-state index in [1.807, 2.05) is 43.9 Å². The van der Waals surface area contributed by atoms with Crippen LogP contribution in [0.2, 0.25) is 0 Å². The summed E-state index contributed by atoms with van der Waals surface area (Å²) in [6.45, 7) is 11.6. The molecule has 2 amide bonds. The molecule has 0 spiro atoms. The summed E-state index contributed by atoms with van der Waals surface area (Å²) in [7, 11) is 0. The number of amides is 2. The van der Waals surface area contributed by atoms with Crippen molar-refractivity contribution in [1.29, 1.82) is 0 Å². The van der Waals surface area contributed by atoms with Crippen molar-refractivity contribution in [3.8, 4) is 0 Å². The van der Waals surface area contributed by atoms with Crippen LogP contribution in [0, 0.1) is 18.8 Å². The topological polar surface area (TPSA) is 61.4 Å². The van der Waals surface area contributed by atoms with E-state index in [1.165, 1.54) is 0 Å². The molecule has 0 radical (unpaired) electrons. The van der Waals surface area contributed by atoms with Crippen LogP contribution in [0.3, 0.4) is 0 Å². The first kappa shape index (κ1) is 20.4. The van der Waals surface area contributed by atoms with Crippen molar-refractivity contribution < 1.29 is 9.59 Å². The zero-order valence-corrected chi connectivity index (χ0v) is 16.5. The number of nitrogens with zero attached hydrogens (tertiary/aromatic N) is 1. The molecule has 1 saturated heterocycles. The van der Waals surface area contributed by atoms with Crippen molar-refractivity contribution in [2.45, 2.75) is 46.6 Å². The Balaban J connectivity index is 1.98. The first-order valence-corrected chi connectivity index (χ1v) is 9.80. The van der Waals surface area contributed by atoms with Crippen LogP contribution < -0.4 is 10.6 Å². The van der Waals surface area contributed by atoms with Gasteiger partial charge in [-0.05, 0) is 56.3 Å². The number of aryl methyl sites for hydroxylation is 1. The largest absolute Gasteiger partial charge is 0.341 e. The Hall–Kier alpha value is -1.88. The van der Waals surface area contributed by atoms with Gasteiger partial charge in [0, 0.05) is 18.7 Å². The van der Waals surface area contributed by atoms with Crippen LogP contribution in [0.4, 0.5) is 0 Å². The number of piperidine rings is 1. The van der Waals surface area contributed by atoms with Crippen LogP contribution in [0.1, 0.15) is 49.5 Å². The van der Waals surface area contributed by atoms with E-state index in [0.717, 1.165) is 44.6 Å². The second-order valence-corrected chi connectivity index (χ2v) is 7.59. The molecule has 1 heterocycles. The van der Waals surface area contributed by atoms with E-state index in [0.29, 0.717) is 11.5 Å². The van der Waals surface area contributed by atoms with E-state index >= 15 is 0 Å². The molecular weight excluding hydrogens is 326 g/mol. The Morgan fingerprint density at radius 3 is 2.42 bits per heavy atom. The molecule has 0 aliphatic carbocycles. The number of hydrogen-bond acceptors (Lipinski definition) is 3. The summed E-state index contributed by atoms with van der Waals surface area (Å²) in [6, 6.07) is 7.00. The fraction of sp³-hybridized carbons (Fsp3) is 0.619. The Bertz CT molecular complexity index is 607. The van der Waals surface area contributed by atoms with Gasteiger partial charge in [-0.1, -0.05) is 39.0 Å². The molecule has 1 atom stereocenters. The van der Waals surface area contributed by atoms with Crippen LogP contribution in [-0.2, 0) is 4.79 Å². The van der Waals surface area contributed by atoms with Gasteiger partial charge in [-0.15, -0.1) is 0 Å². The molecule has 1 aromatic carbocycles. The molecule has 1 fully saturated rings. The molecule has 0 aromatic heterocycles. The molecule has 0 bridgehead atoms. The smallest absolute Gasteiger partial charge is 0.252 e. The van der Waals surface area contributed by atoms with E-state index in [4.69, 9.17) is 0 Å². The number of nitrogens with one attached hydrogen (secondary N) is 2. The lowest BCUT2D eigenvalue weighted by atomic mass is 9.94. The zero-order chi connectivity index (χ0) is 19.1. The SMILES string of the molecule is CCNCC1CCN(C(=O)C(NC(=O)c2ccccc2C)C(C)C)CC1. The van der Waals surface area contributed by atoms with Crippen LogP contribution in [0.15, 0.2) is 24.3 Å². The fourth-order valence-electron chi connectivity index (χ4n) is 3.46. The third-order valence-electron chi connectivity index (χ3n) is 5.22. The van der Waals surface area contributed by atoms with Gasteiger partial charge >= 0.3 is 0 Å². The van der Waals surface area contributed by atoms with Gasteiger partial charge in [-0.3, -0.25) is 9.59 Å². The average molecular weight is 360 g/mol. The molecule has 5 heteroatoms. The van der Waals surface area contributed by atoms with Crippen molar-refractivity contribution in [1.82, 2.24) is 15.5 Å². The minimum absolute atomic E-state index is 0.0452. The Kier molecular flexibility index (Phi) is 7.64. The third-order valence-corrected chi connectivity index (χ3v) is 5.22. The second kappa shape index (κ2) is 9.72. The minimum Gasteiger partial charge on any atom is -0.341 e. The predicted octanol–water partition coefficient (Wildman–Crippen LogP) is 2.60. The standard InChI is InChI=1S/C21H33N3O2/c1-5-22-14-17-10-12-24(13-11-17)21(26)19(15(2)3)23-20(25)18-9-7-6-8-16(18)4/h6-9,15,17,19,22H,5,10-14H2,1-4H3,(H,23,25). The van der Waals surface area contributed by atoms with Crippen molar-refractivity contribution >= 4 is 11.8 Å². The summed E-state index contributed by atoms with van der Waals surface area (Å²) < 4.78 is 0. The van der Waals surface area contributed by atoms with E-state index in [1.54, 1.807) is 6.07 Å². The summed E-state index contributed by atoms with van der Waals surface area (Å²) in [4.78, 5) is 27.6. The quantitative estimate of drug-likeness (QED) is 0.787. The molecule has 26 heavy (non-hydrogen) atoms. The Morgan fingerprint density at radius 2 is 1.85 bits per heavy atom. The Morgan fingerprint density at radius 1 is 1.19 bits per heavy atom. The molecule has 1 aromatic rings. The predicted molar refractivity (Wildman–Crippen MR) is 105 cm³/mol. The maximum atomic E-state index is 13.0. The first-order chi connectivity index (χ1) is 12.4. The summed E-state index contributed by atoms with van der Waals surface area (Å²) in [5.41, 5.74) is 1.56. The van der Waals surface area contributed by atoms with Crippen molar-refractivity contribution in [2.75, 3.05) is 26.2 Å². The molecule has 2 rings (SSSR count). The number of carbonyl (C=O) groups is 2. The van der Waals surface area contributed by atoms with Gasteiger partial charge in [-0.25, -0.2) is 0 Å². The van der Waals surface area contributed by atoms with Crippen LogP contribution in [-0.4, -0.2) is 48.9 Å². The summed E-state index contributed by atoms with van der Waals surface area (Å²) in [6.07, 6.45) is 2.05. The maximum absolute atomic E-state index is 13.0. The van der Waals surface area contributed by atoms with Crippen LogP contribution >= 0.6 is 0 Å². The molecule has 5 nitrogen and oxygen atoms in total. The summed E-state index contributed by atoms with van der Waals surface area (Å²) in [5, 5.41) is 6.37. The van der Waals surface area contributed by atoms with Gasteiger partial charge in [0.1, 0.15) is 6.04 Å². The maximum Gasteiger partial charge on any atom is 0.252 e. The summed E-state index contributed by atoms with van der Waals surface area (Å²) in [5.74, 6) is 0.564. The van der Waals surface area contributed by atoms with Gasteiger partial charge in [0.25, 0.3) is 5.91 Å².